The van der Waals surface area contributed by atoms with E-state index in [4.69, 9.17) is 0 Å². The maximum absolute atomic E-state index is 13.7. The Bertz CT molecular complexity index is 705. The summed E-state index contributed by atoms with van der Waals surface area (Å²) in [6.45, 7) is 2.41. The molecule has 0 aliphatic carbocycles. The van der Waals surface area contributed by atoms with Crippen molar-refractivity contribution >= 4 is 17.7 Å². The number of nitrogens with zero attached hydrogens (tertiary/aromatic N) is 4. The van der Waals surface area contributed by atoms with Gasteiger partial charge in [-0.25, -0.2) is 13.5 Å². The van der Waals surface area contributed by atoms with Crippen LogP contribution in [0.4, 0.5) is 8.78 Å². The molecule has 124 valence electrons. The number of hydrogen-bond acceptors (Lipinski definition) is 4. The van der Waals surface area contributed by atoms with Crippen molar-refractivity contribution in [1.82, 2.24) is 19.9 Å². The molecule has 1 heterocycles. The van der Waals surface area contributed by atoms with Crippen molar-refractivity contribution in [1.29, 1.82) is 0 Å². The molecule has 23 heavy (non-hydrogen) atoms. The molecule has 0 aliphatic rings. The van der Waals surface area contributed by atoms with Crippen LogP contribution < -0.4 is 0 Å². The van der Waals surface area contributed by atoms with Gasteiger partial charge in [0.1, 0.15) is 11.6 Å². The summed E-state index contributed by atoms with van der Waals surface area (Å²) in [7, 11) is 1.71. The lowest BCUT2D eigenvalue weighted by Gasteiger charge is -2.15. The number of amides is 1. The first-order valence-corrected chi connectivity index (χ1v) is 8.41. The Kier molecular flexibility index (Phi) is 5.70. The van der Waals surface area contributed by atoms with Gasteiger partial charge >= 0.3 is 0 Å². The van der Waals surface area contributed by atoms with E-state index < -0.39 is 11.6 Å². The van der Waals surface area contributed by atoms with Crippen molar-refractivity contribution < 1.29 is 13.6 Å². The average Bonchev–Trinajstić information content (AvgIpc) is 2.88. The van der Waals surface area contributed by atoms with E-state index in [9.17, 15) is 13.6 Å². The van der Waals surface area contributed by atoms with Crippen LogP contribution in [-0.2, 0) is 6.54 Å². The van der Waals surface area contributed by atoms with E-state index in [1.165, 1.54) is 16.8 Å². The fourth-order valence-electron chi connectivity index (χ4n) is 2.03. The van der Waals surface area contributed by atoms with Gasteiger partial charge < -0.3 is 4.90 Å². The second-order valence-electron chi connectivity index (χ2n) is 5.14. The number of carbonyl (C=O) groups excluding carboxylic acids is 1. The number of benzene rings is 1. The van der Waals surface area contributed by atoms with E-state index in [1.54, 1.807) is 30.6 Å². The van der Waals surface area contributed by atoms with E-state index in [-0.39, 0.29) is 23.7 Å². The van der Waals surface area contributed by atoms with Gasteiger partial charge in [0.15, 0.2) is 5.69 Å². The largest absolute Gasteiger partial charge is 0.339 e. The lowest BCUT2D eigenvalue weighted by Crippen LogP contribution is -2.29. The fraction of sp³-hybridized carbons (Fsp3) is 0.400. The minimum absolute atomic E-state index is 0.0900. The molecule has 0 bridgehead atoms. The third-order valence-electron chi connectivity index (χ3n) is 3.50. The van der Waals surface area contributed by atoms with Gasteiger partial charge in [-0.1, -0.05) is 11.3 Å². The highest BCUT2D eigenvalue weighted by Crippen LogP contribution is 2.14. The van der Waals surface area contributed by atoms with E-state index in [0.717, 1.165) is 11.8 Å². The molecule has 0 unspecified atom stereocenters. The van der Waals surface area contributed by atoms with Crippen molar-refractivity contribution in [2.45, 2.75) is 13.5 Å². The van der Waals surface area contributed by atoms with Crippen LogP contribution in [0.2, 0.25) is 0 Å². The molecule has 1 aromatic heterocycles. The van der Waals surface area contributed by atoms with Gasteiger partial charge in [0.05, 0.1) is 12.2 Å². The molecule has 1 aromatic carbocycles. The Morgan fingerprint density at radius 3 is 2.78 bits per heavy atom. The van der Waals surface area contributed by atoms with Crippen molar-refractivity contribution in [3.05, 3.63) is 46.8 Å². The molecule has 0 N–H and O–H groups in total. The lowest BCUT2D eigenvalue weighted by molar-refractivity contribution is 0.0797. The van der Waals surface area contributed by atoms with Crippen LogP contribution in [-0.4, -0.2) is 51.4 Å². The van der Waals surface area contributed by atoms with Gasteiger partial charge in [0.2, 0.25) is 0 Å². The molecule has 0 aliphatic heterocycles. The highest BCUT2D eigenvalue weighted by atomic mass is 32.2. The molecule has 0 atom stereocenters. The van der Waals surface area contributed by atoms with Crippen LogP contribution in [0.5, 0.6) is 0 Å². The highest BCUT2D eigenvalue weighted by molar-refractivity contribution is 7.98. The van der Waals surface area contributed by atoms with Crippen LogP contribution >= 0.6 is 11.8 Å². The predicted molar refractivity (Wildman–Crippen MR) is 85.6 cm³/mol. The fourth-order valence-corrected chi connectivity index (χ4v) is 2.49. The van der Waals surface area contributed by atoms with Crippen molar-refractivity contribution in [3.8, 4) is 0 Å². The number of rotatable bonds is 6. The molecule has 0 spiro atoms. The van der Waals surface area contributed by atoms with Crippen LogP contribution in [0.25, 0.3) is 0 Å². The predicted octanol–water partition coefficient (Wildman–Crippen LogP) is 2.35. The standard InChI is InChI=1S/C15H18F2N4OS/c1-10-14(15(22)20(2)6-7-23-3)18-19-21(10)9-11-4-5-12(16)8-13(11)17/h4-5,8H,6-7,9H2,1-3H3. The first-order valence-electron chi connectivity index (χ1n) is 7.02. The summed E-state index contributed by atoms with van der Waals surface area (Å²) < 4.78 is 28.1. The Hall–Kier alpha value is -1.96. The van der Waals surface area contributed by atoms with E-state index in [1.807, 2.05) is 6.26 Å². The smallest absolute Gasteiger partial charge is 0.276 e. The molecule has 2 rings (SSSR count). The Labute approximate surface area is 137 Å². The van der Waals surface area contributed by atoms with Crippen LogP contribution in [0.3, 0.4) is 0 Å². The van der Waals surface area contributed by atoms with Gasteiger partial charge in [-0.2, -0.15) is 11.8 Å². The summed E-state index contributed by atoms with van der Waals surface area (Å²) in [5.74, 6) is -0.670. The third-order valence-corrected chi connectivity index (χ3v) is 4.09. The summed E-state index contributed by atoms with van der Waals surface area (Å²) in [6, 6.07) is 3.37. The quantitative estimate of drug-likeness (QED) is 0.810. The number of hydrogen-bond donors (Lipinski definition) is 0. The summed E-state index contributed by atoms with van der Waals surface area (Å²) in [6.07, 6.45) is 1.97. The topological polar surface area (TPSA) is 51.0 Å². The van der Waals surface area contributed by atoms with Gasteiger partial charge in [-0.05, 0) is 19.2 Å². The zero-order chi connectivity index (χ0) is 17.0. The first-order chi connectivity index (χ1) is 10.9. The van der Waals surface area contributed by atoms with Crippen molar-refractivity contribution in [2.75, 3.05) is 25.6 Å². The monoisotopic (exact) mass is 340 g/mol. The summed E-state index contributed by atoms with van der Waals surface area (Å²) in [5, 5.41) is 7.82. The lowest BCUT2D eigenvalue weighted by atomic mass is 10.2. The minimum Gasteiger partial charge on any atom is -0.339 e. The van der Waals surface area contributed by atoms with Crippen LogP contribution in [0.1, 0.15) is 21.7 Å². The number of thioether (sulfide) groups is 1. The second-order valence-corrected chi connectivity index (χ2v) is 6.12. The van der Waals surface area contributed by atoms with E-state index in [2.05, 4.69) is 10.3 Å². The number of halogens is 2. The second kappa shape index (κ2) is 7.54. The SMILES string of the molecule is CSCCN(C)C(=O)c1nnn(Cc2ccc(F)cc2F)c1C. The molecule has 0 fully saturated rings. The van der Waals surface area contributed by atoms with Gasteiger partial charge in [-0.3, -0.25) is 4.79 Å². The molecule has 0 saturated carbocycles. The van der Waals surface area contributed by atoms with Crippen molar-refractivity contribution in [2.24, 2.45) is 0 Å². The first kappa shape index (κ1) is 17.4. The highest BCUT2D eigenvalue weighted by Gasteiger charge is 2.20. The normalized spacial score (nSPS) is 10.8. The van der Waals surface area contributed by atoms with E-state index in [0.29, 0.717) is 12.2 Å². The summed E-state index contributed by atoms with van der Waals surface area (Å²) in [5.41, 5.74) is 1.08. The molecule has 5 nitrogen and oxygen atoms in total. The Balaban J connectivity index is 2.17. The van der Waals surface area contributed by atoms with Crippen LogP contribution in [0, 0.1) is 18.6 Å². The van der Waals surface area contributed by atoms with Crippen LogP contribution in [0.15, 0.2) is 18.2 Å². The number of aromatic nitrogens is 3. The maximum atomic E-state index is 13.7. The summed E-state index contributed by atoms with van der Waals surface area (Å²) in [4.78, 5) is 13.9. The molecular formula is C15H18F2N4OS. The van der Waals surface area contributed by atoms with Gasteiger partial charge in [-0.15, -0.1) is 5.10 Å². The molecule has 0 radical (unpaired) electrons. The Morgan fingerprint density at radius 2 is 2.13 bits per heavy atom. The zero-order valence-electron chi connectivity index (χ0n) is 13.2. The molecule has 0 saturated heterocycles. The molecular weight excluding hydrogens is 322 g/mol. The molecule has 2 aromatic rings. The maximum Gasteiger partial charge on any atom is 0.276 e. The van der Waals surface area contributed by atoms with Gasteiger partial charge in [0, 0.05) is 31.0 Å². The van der Waals surface area contributed by atoms with Gasteiger partial charge in [0.25, 0.3) is 5.91 Å². The Morgan fingerprint density at radius 1 is 1.39 bits per heavy atom. The zero-order valence-corrected chi connectivity index (χ0v) is 14.0. The van der Waals surface area contributed by atoms with E-state index >= 15 is 0 Å². The molecule has 1 amide bonds. The average molecular weight is 340 g/mol. The number of carbonyl (C=O) groups is 1. The minimum atomic E-state index is -0.648. The van der Waals surface area contributed by atoms with Crippen molar-refractivity contribution in [3.63, 3.8) is 0 Å². The molecule has 8 heteroatoms. The third kappa shape index (κ3) is 4.07. The summed E-state index contributed by atoms with van der Waals surface area (Å²) >= 11 is 1.65.